The lowest BCUT2D eigenvalue weighted by Gasteiger charge is -2.20. The Bertz CT molecular complexity index is 554. The van der Waals surface area contributed by atoms with Crippen molar-refractivity contribution in [3.8, 4) is 0 Å². The van der Waals surface area contributed by atoms with Gasteiger partial charge in [0.05, 0.1) is 5.56 Å². The molecule has 1 saturated carbocycles. The van der Waals surface area contributed by atoms with Crippen LogP contribution in [-0.4, -0.2) is 38.1 Å². The summed E-state index contributed by atoms with van der Waals surface area (Å²) in [5.74, 6) is 1.66. The highest BCUT2D eigenvalue weighted by Gasteiger charge is 2.45. The van der Waals surface area contributed by atoms with Gasteiger partial charge in [-0.15, -0.1) is 0 Å². The summed E-state index contributed by atoms with van der Waals surface area (Å²) in [5, 5.41) is 6.43. The molecule has 2 rings (SSSR count). The maximum atomic E-state index is 12.9. The van der Waals surface area contributed by atoms with E-state index < -0.39 is 11.7 Å². The van der Waals surface area contributed by atoms with E-state index in [-0.39, 0.29) is 5.41 Å². The van der Waals surface area contributed by atoms with E-state index in [2.05, 4.69) is 15.6 Å². The molecule has 0 bridgehead atoms. The molecule has 1 aliphatic carbocycles. The van der Waals surface area contributed by atoms with Gasteiger partial charge in [0.25, 0.3) is 0 Å². The van der Waals surface area contributed by atoms with Gasteiger partial charge in [0.1, 0.15) is 0 Å². The normalized spacial score (nSPS) is 17.0. The zero-order chi connectivity index (χ0) is 16.9. The summed E-state index contributed by atoms with van der Waals surface area (Å²) < 4.78 is 38.6. The number of rotatable bonds is 6. The number of hydrogen-bond acceptors (Lipinski definition) is 2. The first-order valence-corrected chi connectivity index (χ1v) is 8.92. The number of thioether (sulfide) groups is 1. The van der Waals surface area contributed by atoms with Crippen molar-refractivity contribution >= 4 is 17.7 Å². The van der Waals surface area contributed by atoms with Crippen molar-refractivity contribution in [1.29, 1.82) is 0 Å². The van der Waals surface area contributed by atoms with Crippen LogP contribution in [0, 0.1) is 0 Å². The van der Waals surface area contributed by atoms with E-state index in [9.17, 15) is 13.2 Å². The molecule has 0 unspecified atom stereocenters. The molecule has 2 N–H and O–H groups in total. The molecule has 0 aromatic heterocycles. The summed E-state index contributed by atoms with van der Waals surface area (Å²) in [6.45, 7) is 1.39. The molecule has 0 heterocycles. The van der Waals surface area contributed by atoms with E-state index in [0.29, 0.717) is 12.5 Å². The zero-order valence-electron chi connectivity index (χ0n) is 13.3. The standard InChI is InChI=1S/C16H22F3N3S/c1-20-14(21-8-9-23-2)22-11-15(6-7-15)12-4-3-5-13(10-12)16(17,18)19/h3-5,10H,6-9,11H2,1-2H3,(H2,20,21,22). The van der Waals surface area contributed by atoms with Crippen LogP contribution in [0.15, 0.2) is 29.3 Å². The Labute approximate surface area is 139 Å². The average molecular weight is 345 g/mol. The summed E-state index contributed by atoms with van der Waals surface area (Å²) in [6, 6.07) is 5.67. The van der Waals surface area contributed by atoms with Crippen LogP contribution in [0.25, 0.3) is 0 Å². The van der Waals surface area contributed by atoms with Crippen LogP contribution in [-0.2, 0) is 11.6 Å². The maximum Gasteiger partial charge on any atom is 0.416 e. The largest absolute Gasteiger partial charge is 0.416 e. The zero-order valence-corrected chi connectivity index (χ0v) is 14.2. The average Bonchev–Trinajstić information content (AvgIpc) is 3.31. The van der Waals surface area contributed by atoms with Gasteiger partial charge >= 0.3 is 6.18 Å². The summed E-state index contributed by atoms with van der Waals surface area (Å²) in [5.41, 5.74) is -0.0404. The molecule has 1 aromatic carbocycles. The van der Waals surface area contributed by atoms with Gasteiger partial charge < -0.3 is 10.6 Å². The number of halogens is 3. The van der Waals surface area contributed by atoms with Crippen molar-refractivity contribution in [3.05, 3.63) is 35.4 Å². The van der Waals surface area contributed by atoms with Crippen molar-refractivity contribution in [2.45, 2.75) is 24.4 Å². The number of hydrogen-bond donors (Lipinski definition) is 2. The van der Waals surface area contributed by atoms with E-state index in [1.807, 2.05) is 6.26 Å². The molecule has 3 nitrogen and oxygen atoms in total. The number of alkyl halides is 3. The Morgan fingerprint density at radius 1 is 1.30 bits per heavy atom. The topological polar surface area (TPSA) is 36.4 Å². The number of nitrogens with one attached hydrogen (secondary N) is 2. The summed E-state index contributed by atoms with van der Waals surface area (Å²) in [6.07, 6.45) is -0.480. The van der Waals surface area contributed by atoms with Crippen LogP contribution in [0.5, 0.6) is 0 Å². The number of nitrogens with zero attached hydrogens (tertiary/aromatic N) is 1. The lowest BCUT2D eigenvalue weighted by molar-refractivity contribution is -0.137. The smallest absolute Gasteiger partial charge is 0.356 e. The van der Waals surface area contributed by atoms with E-state index in [0.717, 1.165) is 36.8 Å². The van der Waals surface area contributed by atoms with Crippen molar-refractivity contribution in [1.82, 2.24) is 10.6 Å². The minimum atomic E-state index is -4.30. The monoisotopic (exact) mass is 345 g/mol. The van der Waals surface area contributed by atoms with Gasteiger partial charge in [0.15, 0.2) is 5.96 Å². The highest BCUT2D eigenvalue weighted by molar-refractivity contribution is 7.98. The molecule has 0 aliphatic heterocycles. The molecule has 0 radical (unpaired) electrons. The van der Waals surface area contributed by atoms with Crippen LogP contribution in [0.4, 0.5) is 13.2 Å². The van der Waals surface area contributed by atoms with Gasteiger partial charge in [-0.1, -0.05) is 18.2 Å². The lowest BCUT2D eigenvalue weighted by atomic mass is 9.94. The van der Waals surface area contributed by atoms with Crippen molar-refractivity contribution in [2.75, 3.05) is 32.1 Å². The molecule has 23 heavy (non-hydrogen) atoms. The Hall–Kier alpha value is -1.37. The second kappa shape index (κ2) is 7.47. The predicted octanol–water partition coefficient (Wildman–Crippen LogP) is 3.27. The van der Waals surface area contributed by atoms with Crippen molar-refractivity contribution in [2.24, 2.45) is 4.99 Å². The first-order valence-electron chi connectivity index (χ1n) is 7.52. The van der Waals surface area contributed by atoms with E-state index in [1.54, 1.807) is 24.9 Å². The first-order chi connectivity index (χ1) is 10.9. The predicted molar refractivity (Wildman–Crippen MR) is 90.1 cm³/mol. The molecule has 128 valence electrons. The molecule has 1 aromatic rings. The minimum Gasteiger partial charge on any atom is -0.356 e. The molecule has 0 atom stereocenters. The highest BCUT2D eigenvalue weighted by atomic mass is 32.2. The van der Waals surface area contributed by atoms with Crippen molar-refractivity contribution in [3.63, 3.8) is 0 Å². The van der Waals surface area contributed by atoms with Crippen LogP contribution in [0.3, 0.4) is 0 Å². The lowest BCUT2D eigenvalue weighted by Crippen LogP contribution is -2.42. The third kappa shape index (κ3) is 4.80. The van der Waals surface area contributed by atoms with Gasteiger partial charge in [0.2, 0.25) is 0 Å². The Balaban J connectivity index is 2.00. The fraction of sp³-hybridized carbons (Fsp3) is 0.562. The molecule has 1 aliphatic rings. The van der Waals surface area contributed by atoms with Gasteiger partial charge in [-0.3, -0.25) is 4.99 Å². The molecule has 1 fully saturated rings. The van der Waals surface area contributed by atoms with Crippen LogP contribution in [0.2, 0.25) is 0 Å². The Kier molecular flexibility index (Phi) is 5.84. The fourth-order valence-corrected chi connectivity index (χ4v) is 2.80. The van der Waals surface area contributed by atoms with Crippen LogP contribution in [0.1, 0.15) is 24.0 Å². The number of aliphatic imine (C=N–C) groups is 1. The van der Waals surface area contributed by atoms with E-state index in [4.69, 9.17) is 0 Å². The van der Waals surface area contributed by atoms with Gasteiger partial charge in [-0.2, -0.15) is 24.9 Å². The molecular formula is C16H22F3N3S. The van der Waals surface area contributed by atoms with Gasteiger partial charge in [-0.05, 0) is 30.7 Å². The fourth-order valence-electron chi connectivity index (χ4n) is 2.49. The summed E-state index contributed by atoms with van der Waals surface area (Å²) >= 11 is 1.74. The second-order valence-electron chi connectivity index (χ2n) is 5.70. The summed E-state index contributed by atoms with van der Waals surface area (Å²) in [4.78, 5) is 4.15. The molecular weight excluding hydrogens is 323 g/mol. The molecule has 0 amide bonds. The highest BCUT2D eigenvalue weighted by Crippen LogP contribution is 2.48. The Morgan fingerprint density at radius 2 is 2.04 bits per heavy atom. The summed E-state index contributed by atoms with van der Waals surface area (Å²) in [7, 11) is 1.69. The van der Waals surface area contributed by atoms with Crippen molar-refractivity contribution < 1.29 is 13.2 Å². The van der Waals surface area contributed by atoms with Crippen LogP contribution < -0.4 is 10.6 Å². The first kappa shape index (κ1) is 18.0. The van der Waals surface area contributed by atoms with E-state index >= 15 is 0 Å². The Morgan fingerprint density at radius 3 is 2.61 bits per heavy atom. The van der Waals surface area contributed by atoms with Crippen LogP contribution >= 0.6 is 11.8 Å². The van der Waals surface area contributed by atoms with E-state index in [1.165, 1.54) is 12.1 Å². The van der Waals surface area contributed by atoms with Gasteiger partial charge in [-0.25, -0.2) is 0 Å². The third-order valence-corrected chi connectivity index (χ3v) is 4.68. The SMILES string of the molecule is CN=C(NCCSC)NCC1(c2cccc(C(F)(F)F)c2)CC1. The third-order valence-electron chi connectivity index (χ3n) is 4.07. The quantitative estimate of drug-likeness (QED) is 0.472. The maximum absolute atomic E-state index is 12.9. The second-order valence-corrected chi connectivity index (χ2v) is 6.69. The number of benzene rings is 1. The number of guanidine groups is 1. The minimum absolute atomic E-state index is 0.210. The molecule has 0 saturated heterocycles. The molecule has 7 heteroatoms. The molecule has 0 spiro atoms. The van der Waals surface area contributed by atoms with Gasteiger partial charge in [0, 0.05) is 31.3 Å².